The van der Waals surface area contributed by atoms with Crippen LogP contribution in [0, 0.1) is 0 Å². The third kappa shape index (κ3) is 3.92. The summed E-state index contributed by atoms with van der Waals surface area (Å²) in [5, 5.41) is 4.52. The Bertz CT molecular complexity index is 634. The van der Waals surface area contributed by atoms with Gasteiger partial charge in [0.05, 0.1) is 21.6 Å². The summed E-state index contributed by atoms with van der Waals surface area (Å²) in [5.74, 6) is 0.814. The molecule has 1 N–H and O–H groups in total. The van der Waals surface area contributed by atoms with Gasteiger partial charge in [0.15, 0.2) is 0 Å². The molecule has 112 valence electrons. The lowest BCUT2D eigenvalue weighted by molar-refractivity contribution is 0.411. The highest BCUT2D eigenvalue weighted by atomic mass is 79.9. The van der Waals surface area contributed by atoms with Crippen LogP contribution in [0.25, 0.3) is 0 Å². The van der Waals surface area contributed by atoms with Crippen LogP contribution in [0.5, 0.6) is 5.75 Å². The first-order valence-corrected chi connectivity index (χ1v) is 8.05. The maximum Gasteiger partial charge on any atom is 0.133 e. The van der Waals surface area contributed by atoms with Gasteiger partial charge in [0.25, 0.3) is 0 Å². The molecule has 0 radical (unpaired) electrons. The molecule has 0 spiro atoms. The Kier molecular flexibility index (Phi) is 5.94. The number of ether oxygens (including phenoxy) is 1. The van der Waals surface area contributed by atoms with Crippen LogP contribution in [-0.4, -0.2) is 14.2 Å². The van der Waals surface area contributed by atoms with E-state index >= 15 is 0 Å². The van der Waals surface area contributed by atoms with Gasteiger partial charge in [-0.2, -0.15) is 0 Å². The molecule has 5 heteroatoms. The van der Waals surface area contributed by atoms with Crippen LogP contribution in [0.2, 0.25) is 10.0 Å². The fraction of sp³-hybridized carbons (Fsp3) is 0.250. The molecule has 21 heavy (non-hydrogen) atoms. The molecular weight excluding hydrogens is 373 g/mol. The van der Waals surface area contributed by atoms with E-state index in [0.717, 1.165) is 27.8 Å². The van der Waals surface area contributed by atoms with E-state index in [-0.39, 0.29) is 6.04 Å². The second-order valence-electron chi connectivity index (χ2n) is 4.65. The van der Waals surface area contributed by atoms with Crippen LogP contribution in [-0.2, 0) is 6.42 Å². The molecule has 0 aliphatic heterocycles. The minimum absolute atomic E-state index is 0.142. The lowest BCUT2D eigenvalue weighted by Gasteiger charge is -2.19. The number of halogens is 3. The zero-order valence-corrected chi connectivity index (χ0v) is 14.9. The second kappa shape index (κ2) is 7.50. The number of methoxy groups -OCH3 is 1. The molecule has 0 saturated carbocycles. The highest BCUT2D eigenvalue weighted by Crippen LogP contribution is 2.32. The lowest BCUT2D eigenvalue weighted by Crippen LogP contribution is -2.19. The molecule has 0 amide bonds. The van der Waals surface area contributed by atoms with Gasteiger partial charge in [0.2, 0.25) is 0 Å². The predicted octanol–water partition coefficient (Wildman–Crippen LogP) is 5.27. The maximum atomic E-state index is 6.27. The van der Waals surface area contributed by atoms with Crippen molar-refractivity contribution < 1.29 is 4.74 Å². The van der Waals surface area contributed by atoms with E-state index < -0.39 is 0 Å². The fourth-order valence-electron chi connectivity index (χ4n) is 2.21. The van der Waals surface area contributed by atoms with Crippen molar-refractivity contribution in [2.45, 2.75) is 12.5 Å². The third-order valence-corrected chi connectivity index (χ3v) is 4.86. The van der Waals surface area contributed by atoms with Crippen molar-refractivity contribution in [2.24, 2.45) is 0 Å². The molecule has 1 unspecified atom stereocenters. The van der Waals surface area contributed by atoms with E-state index in [1.54, 1.807) is 13.2 Å². The number of likely N-dealkylation sites (N-methyl/N-ethyl adjacent to an activating group) is 1. The molecule has 2 nitrogen and oxygen atoms in total. The largest absolute Gasteiger partial charge is 0.496 e. The lowest BCUT2D eigenvalue weighted by atomic mass is 9.99. The van der Waals surface area contributed by atoms with E-state index in [9.17, 15) is 0 Å². The standard InChI is InChI=1S/C16H16BrCl2NO/c1-20-14(9-11-4-3-5-13(18)16(11)19)10-6-7-15(21-2)12(17)8-10/h3-8,14,20H,9H2,1-2H3. The van der Waals surface area contributed by atoms with E-state index in [0.29, 0.717) is 10.0 Å². The Hall–Kier alpha value is -0.740. The number of hydrogen-bond acceptors (Lipinski definition) is 2. The van der Waals surface area contributed by atoms with Gasteiger partial charge in [-0.15, -0.1) is 0 Å². The molecule has 0 aliphatic rings. The molecule has 2 aromatic carbocycles. The first-order chi connectivity index (χ1) is 10.1. The topological polar surface area (TPSA) is 21.3 Å². The van der Waals surface area contributed by atoms with Gasteiger partial charge in [0.1, 0.15) is 5.75 Å². The highest BCUT2D eigenvalue weighted by molar-refractivity contribution is 9.10. The third-order valence-electron chi connectivity index (χ3n) is 3.38. The zero-order valence-electron chi connectivity index (χ0n) is 11.8. The summed E-state index contributed by atoms with van der Waals surface area (Å²) in [4.78, 5) is 0. The molecule has 1 atom stereocenters. The second-order valence-corrected chi connectivity index (χ2v) is 6.29. The van der Waals surface area contributed by atoms with Crippen LogP contribution in [0.15, 0.2) is 40.9 Å². The van der Waals surface area contributed by atoms with Crippen molar-refractivity contribution in [1.82, 2.24) is 5.32 Å². The summed E-state index contributed by atoms with van der Waals surface area (Å²) in [7, 11) is 3.59. The van der Waals surface area contributed by atoms with Crippen LogP contribution >= 0.6 is 39.1 Å². The molecule has 2 rings (SSSR count). The average molecular weight is 389 g/mol. The van der Waals surface area contributed by atoms with E-state index in [1.165, 1.54) is 0 Å². The van der Waals surface area contributed by atoms with Crippen LogP contribution < -0.4 is 10.1 Å². The molecule has 0 heterocycles. The summed E-state index contributed by atoms with van der Waals surface area (Å²) in [6.07, 6.45) is 0.759. The summed E-state index contributed by atoms with van der Waals surface area (Å²) < 4.78 is 6.19. The van der Waals surface area contributed by atoms with Crippen molar-refractivity contribution in [1.29, 1.82) is 0 Å². The Morgan fingerprint density at radius 3 is 2.62 bits per heavy atom. The molecule has 2 aromatic rings. The highest BCUT2D eigenvalue weighted by Gasteiger charge is 2.15. The average Bonchev–Trinajstić information content (AvgIpc) is 2.48. The van der Waals surface area contributed by atoms with Gasteiger partial charge in [-0.1, -0.05) is 41.4 Å². The minimum atomic E-state index is 0.142. The number of benzene rings is 2. The smallest absolute Gasteiger partial charge is 0.133 e. The van der Waals surface area contributed by atoms with Gasteiger partial charge in [-0.25, -0.2) is 0 Å². The molecule has 0 fully saturated rings. The Labute approximate surface area is 143 Å². The van der Waals surface area contributed by atoms with Gasteiger partial charge in [-0.05, 0) is 58.7 Å². The van der Waals surface area contributed by atoms with E-state index in [4.69, 9.17) is 27.9 Å². The SMILES string of the molecule is CNC(Cc1cccc(Cl)c1Cl)c1ccc(OC)c(Br)c1. The molecule has 0 bridgehead atoms. The minimum Gasteiger partial charge on any atom is -0.496 e. The summed E-state index contributed by atoms with van der Waals surface area (Å²) in [5.41, 5.74) is 2.18. The molecule has 0 aromatic heterocycles. The monoisotopic (exact) mass is 387 g/mol. The first kappa shape index (κ1) is 16.6. The number of rotatable bonds is 5. The normalized spacial score (nSPS) is 12.2. The fourth-order valence-corrected chi connectivity index (χ4v) is 3.17. The van der Waals surface area contributed by atoms with Crippen molar-refractivity contribution >= 4 is 39.1 Å². The van der Waals surface area contributed by atoms with Crippen molar-refractivity contribution in [3.8, 4) is 5.75 Å². The Morgan fingerprint density at radius 2 is 2.00 bits per heavy atom. The van der Waals surface area contributed by atoms with Crippen LogP contribution in [0.1, 0.15) is 17.2 Å². The Balaban J connectivity index is 2.28. The maximum absolute atomic E-state index is 6.27. The first-order valence-electron chi connectivity index (χ1n) is 6.50. The van der Waals surface area contributed by atoms with Gasteiger partial charge in [0, 0.05) is 6.04 Å². The molecular formula is C16H16BrCl2NO. The number of nitrogens with one attached hydrogen (secondary N) is 1. The van der Waals surface area contributed by atoms with Crippen molar-refractivity contribution in [3.63, 3.8) is 0 Å². The van der Waals surface area contributed by atoms with Crippen molar-refractivity contribution in [3.05, 3.63) is 62.0 Å². The Morgan fingerprint density at radius 1 is 1.24 bits per heavy atom. The summed E-state index contributed by atoms with van der Waals surface area (Å²) >= 11 is 15.9. The summed E-state index contributed by atoms with van der Waals surface area (Å²) in [6, 6.07) is 11.9. The van der Waals surface area contributed by atoms with E-state index in [1.807, 2.05) is 31.3 Å². The van der Waals surface area contributed by atoms with Crippen LogP contribution in [0.4, 0.5) is 0 Å². The van der Waals surface area contributed by atoms with Gasteiger partial charge < -0.3 is 10.1 Å². The van der Waals surface area contributed by atoms with Crippen LogP contribution in [0.3, 0.4) is 0 Å². The zero-order chi connectivity index (χ0) is 15.4. The molecule has 0 aliphatic carbocycles. The van der Waals surface area contributed by atoms with Gasteiger partial charge in [-0.3, -0.25) is 0 Å². The number of hydrogen-bond donors (Lipinski definition) is 1. The van der Waals surface area contributed by atoms with Crippen molar-refractivity contribution in [2.75, 3.05) is 14.2 Å². The quantitative estimate of drug-likeness (QED) is 0.753. The van der Waals surface area contributed by atoms with Gasteiger partial charge >= 0.3 is 0 Å². The molecule has 0 saturated heterocycles. The summed E-state index contributed by atoms with van der Waals surface area (Å²) in [6.45, 7) is 0. The predicted molar refractivity (Wildman–Crippen MR) is 92.7 cm³/mol. The van der Waals surface area contributed by atoms with E-state index in [2.05, 4.69) is 27.3 Å².